The van der Waals surface area contributed by atoms with Gasteiger partial charge in [0.2, 0.25) is 5.88 Å². The number of aliphatic hydroxyl groups excluding tert-OH is 1. The first kappa shape index (κ1) is 12.8. The van der Waals surface area contributed by atoms with Gasteiger partial charge in [0.15, 0.2) is 0 Å². The number of aliphatic hydroxyl groups is 1. The Labute approximate surface area is 96.9 Å². The van der Waals surface area contributed by atoms with Crippen LogP contribution < -0.4 is 9.64 Å². The molecule has 0 unspecified atom stereocenters. The second kappa shape index (κ2) is 6.33. The molecule has 0 spiro atoms. The van der Waals surface area contributed by atoms with E-state index in [0.29, 0.717) is 11.9 Å². The number of aromatic nitrogens is 1. The lowest BCUT2D eigenvalue weighted by Crippen LogP contribution is -2.32. The van der Waals surface area contributed by atoms with Crippen molar-refractivity contribution < 1.29 is 9.84 Å². The molecule has 1 heterocycles. The van der Waals surface area contributed by atoms with Crippen LogP contribution in [-0.2, 0) is 0 Å². The van der Waals surface area contributed by atoms with Gasteiger partial charge in [-0.25, -0.2) is 0 Å². The van der Waals surface area contributed by atoms with Crippen LogP contribution >= 0.6 is 0 Å². The third-order valence-corrected chi connectivity index (χ3v) is 2.39. The average Bonchev–Trinajstić information content (AvgIpc) is 2.29. The summed E-state index contributed by atoms with van der Waals surface area (Å²) in [7, 11) is 1.61. The third-order valence-electron chi connectivity index (χ3n) is 2.39. The summed E-state index contributed by atoms with van der Waals surface area (Å²) in [6.45, 7) is 5.22. The highest BCUT2D eigenvalue weighted by Crippen LogP contribution is 2.18. The van der Waals surface area contributed by atoms with E-state index in [4.69, 9.17) is 9.84 Å². The molecular formula is C12H20N2O2. The van der Waals surface area contributed by atoms with Gasteiger partial charge in [-0.1, -0.05) is 6.07 Å². The molecule has 16 heavy (non-hydrogen) atoms. The van der Waals surface area contributed by atoms with Crippen LogP contribution in [0.5, 0.6) is 5.88 Å². The molecule has 0 atom stereocenters. The molecule has 0 aliphatic rings. The highest BCUT2D eigenvalue weighted by molar-refractivity contribution is 5.41. The zero-order valence-electron chi connectivity index (χ0n) is 10.2. The van der Waals surface area contributed by atoms with Gasteiger partial charge in [-0.2, -0.15) is 4.98 Å². The van der Waals surface area contributed by atoms with Crippen LogP contribution in [0.1, 0.15) is 20.3 Å². The van der Waals surface area contributed by atoms with E-state index in [1.54, 1.807) is 7.11 Å². The summed E-state index contributed by atoms with van der Waals surface area (Å²) >= 11 is 0. The lowest BCUT2D eigenvalue weighted by molar-refractivity contribution is 0.288. The number of nitrogens with zero attached hydrogens (tertiary/aromatic N) is 2. The highest BCUT2D eigenvalue weighted by atomic mass is 16.5. The van der Waals surface area contributed by atoms with Crippen molar-refractivity contribution in [1.82, 2.24) is 4.98 Å². The zero-order chi connectivity index (χ0) is 12.0. The first-order valence-electron chi connectivity index (χ1n) is 5.57. The SMILES string of the molecule is COc1cccc(N(CCCO)C(C)C)n1. The maximum atomic E-state index is 8.87. The molecule has 0 bridgehead atoms. The molecule has 1 aromatic heterocycles. The van der Waals surface area contributed by atoms with E-state index >= 15 is 0 Å². The van der Waals surface area contributed by atoms with E-state index in [-0.39, 0.29) is 6.61 Å². The quantitative estimate of drug-likeness (QED) is 0.798. The average molecular weight is 224 g/mol. The van der Waals surface area contributed by atoms with Gasteiger partial charge >= 0.3 is 0 Å². The molecule has 0 saturated heterocycles. The van der Waals surface area contributed by atoms with Gasteiger partial charge in [-0.3, -0.25) is 0 Å². The van der Waals surface area contributed by atoms with E-state index in [1.165, 1.54) is 0 Å². The number of pyridine rings is 1. The Hall–Kier alpha value is -1.29. The van der Waals surface area contributed by atoms with Crippen LogP contribution in [0.15, 0.2) is 18.2 Å². The van der Waals surface area contributed by atoms with Gasteiger partial charge in [-0.15, -0.1) is 0 Å². The fourth-order valence-corrected chi connectivity index (χ4v) is 1.56. The lowest BCUT2D eigenvalue weighted by Gasteiger charge is -2.27. The van der Waals surface area contributed by atoms with Crippen molar-refractivity contribution in [2.24, 2.45) is 0 Å². The monoisotopic (exact) mass is 224 g/mol. The number of anilines is 1. The minimum Gasteiger partial charge on any atom is -0.481 e. The summed E-state index contributed by atoms with van der Waals surface area (Å²) in [5, 5.41) is 8.87. The Kier molecular flexibility index (Phi) is 5.05. The van der Waals surface area contributed by atoms with E-state index in [1.807, 2.05) is 18.2 Å². The topological polar surface area (TPSA) is 45.6 Å². The number of methoxy groups -OCH3 is 1. The minimum atomic E-state index is 0.202. The molecule has 4 nitrogen and oxygen atoms in total. The zero-order valence-corrected chi connectivity index (χ0v) is 10.2. The predicted molar refractivity (Wildman–Crippen MR) is 65.0 cm³/mol. The molecule has 90 valence electrons. The Morgan fingerprint density at radius 3 is 2.75 bits per heavy atom. The fourth-order valence-electron chi connectivity index (χ4n) is 1.56. The molecular weight excluding hydrogens is 204 g/mol. The Morgan fingerprint density at radius 1 is 1.44 bits per heavy atom. The summed E-state index contributed by atoms with van der Waals surface area (Å²) in [5.41, 5.74) is 0. The Balaban J connectivity index is 2.82. The van der Waals surface area contributed by atoms with Gasteiger partial charge in [0.05, 0.1) is 7.11 Å². The van der Waals surface area contributed by atoms with Crippen molar-refractivity contribution in [3.8, 4) is 5.88 Å². The molecule has 4 heteroatoms. The summed E-state index contributed by atoms with van der Waals surface area (Å²) in [5.74, 6) is 1.51. The van der Waals surface area contributed by atoms with Gasteiger partial charge < -0.3 is 14.7 Å². The van der Waals surface area contributed by atoms with Crippen molar-refractivity contribution in [3.05, 3.63) is 18.2 Å². The van der Waals surface area contributed by atoms with Crippen LogP contribution in [-0.4, -0.2) is 36.4 Å². The number of rotatable bonds is 6. The summed E-state index contributed by atoms with van der Waals surface area (Å²) in [6.07, 6.45) is 0.747. The van der Waals surface area contributed by atoms with Gasteiger partial charge in [0.25, 0.3) is 0 Å². The molecule has 0 fully saturated rings. The first-order valence-corrected chi connectivity index (χ1v) is 5.57. The standard InChI is InChI=1S/C12H20N2O2/c1-10(2)14(8-5-9-15)11-6-4-7-12(13-11)16-3/h4,6-7,10,15H,5,8-9H2,1-3H3. The highest BCUT2D eigenvalue weighted by Gasteiger charge is 2.11. The number of hydrogen-bond donors (Lipinski definition) is 1. The van der Waals surface area contributed by atoms with Crippen molar-refractivity contribution in [2.45, 2.75) is 26.3 Å². The maximum absolute atomic E-state index is 8.87. The molecule has 1 N–H and O–H groups in total. The number of ether oxygens (including phenoxy) is 1. The molecule has 1 rings (SSSR count). The second-order valence-corrected chi connectivity index (χ2v) is 3.90. The van der Waals surface area contributed by atoms with Crippen LogP contribution in [0.25, 0.3) is 0 Å². The van der Waals surface area contributed by atoms with Crippen molar-refractivity contribution in [2.75, 3.05) is 25.2 Å². The van der Waals surface area contributed by atoms with E-state index in [2.05, 4.69) is 23.7 Å². The van der Waals surface area contributed by atoms with E-state index < -0.39 is 0 Å². The second-order valence-electron chi connectivity index (χ2n) is 3.90. The third kappa shape index (κ3) is 3.38. The lowest BCUT2D eigenvalue weighted by atomic mass is 10.2. The first-order chi connectivity index (χ1) is 7.69. The summed E-state index contributed by atoms with van der Waals surface area (Å²) in [6, 6.07) is 6.06. The fraction of sp³-hybridized carbons (Fsp3) is 0.583. The van der Waals surface area contributed by atoms with Crippen molar-refractivity contribution in [1.29, 1.82) is 0 Å². The van der Waals surface area contributed by atoms with E-state index in [0.717, 1.165) is 18.8 Å². The summed E-state index contributed by atoms with van der Waals surface area (Å²) in [4.78, 5) is 6.54. The van der Waals surface area contributed by atoms with Crippen LogP contribution in [0.4, 0.5) is 5.82 Å². The maximum Gasteiger partial charge on any atom is 0.214 e. The number of hydrogen-bond acceptors (Lipinski definition) is 4. The normalized spacial score (nSPS) is 10.6. The molecule has 1 aromatic rings. The largest absolute Gasteiger partial charge is 0.481 e. The van der Waals surface area contributed by atoms with Gasteiger partial charge in [-0.05, 0) is 26.3 Å². The van der Waals surface area contributed by atoms with Crippen LogP contribution in [0.2, 0.25) is 0 Å². The molecule has 0 aliphatic heterocycles. The van der Waals surface area contributed by atoms with Crippen LogP contribution in [0.3, 0.4) is 0 Å². The molecule has 0 amide bonds. The molecule has 0 saturated carbocycles. The molecule has 0 radical (unpaired) electrons. The Bertz CT molecular complexity index is 316. The summed E-state index contributed by atoms with van der Waals surface area (Å²) < 4.78 is 5.10. The Morgan fingerprint density at radius 2 is 2.19 bits per heavy atom. The van der Waals surface area contributed by atoms with Crippen molar-refractivity contribution in [3.63, 3.8) is 0 Å². The molecule has 0 aliphatic carbocycles. The molecule has 0 aromatic carbocycles. The van der Waals surface area contributed by atoms with E-state index in [9.17, 15) is 0 Å². The van der Waals surface area contributed by atoms with Gasteiger partial charge in [0, 0.05) is 25.3 Å². The van der Waals surface area contributed by atoms with Gasteiger partial charge in [0.1, 0.15) is 5.82 Å². The van der Waals surface area contributed by atoms with Crippen LogP contribution in [0, 0.1) is 0 Å². The smallest absolute Gasteiger partial charge is 0.214 e. The minimum absolute atomic E-state index is 0.202. The predicted octanol–water partition coefficient (Wildman–Crippen LogP) is 1.69. The van der Waals surface area contributed by atoms with Crippen molar-refractivity contribution >= 4 is 5.82 Å².